The van der Waals surface area contributed by atoms with E-state index >= 15 is 0 Å². The van der Waals surface area contributed by atoms with Crippen LogP contribution in [0.1, 0.15) is 42.9 Å². The highest BCUT2D eigenvalue weighted by atomic mass is 16.5. The lowest BCUT2D eigenvalue weighted by Crippen LogP contribution is -2.41. The SMILES string of the molecule is CCCNC(Cc1c(C)cccc1C)C1CCOCC1. The van der Waals surface area contributed by atoms with Crippen molar-refractivity contribution in [2.45, 2.75) is 52.5 Å². The first kappa shape index (κ1) is 15.5. The van der Waals surface area contributed by atoms with Gasteiger partial charge in [0.05, 0.1) is 0 Å². The van der Waals surface area contributed by atoms with Gasteiger partial charge in [-0.15, -0.1) is 0 Å². The Bertz CT molecular complexity index is 390. The number of rotatable bonds is 6. The van der Waals surface area contributed by atoms with Crippen LogP contribution in [0.2, 0.25) is 0 Å². The maximum absolute atomic E-state index is 5.52. The van der Waals surface area contributed by atoms with E-state index in [2.05, 4.69) is 44.3 Å². The molecule has 1 fully saturated rings. The number of nitrogens with one attached hydrogen (secondary N) is 1. The van der Waals surface area contributed by atoms with Gasteiger partial charge in [-0.25, -0.2) is 0 Å². The Kier molecular flexibility index (Phi) is 6.06. The van der Waals surface area contributed by atoms with Gasteiger partial charge < -0.3 is 10.1 Å². The van der Waals surface area contributed by atoms with Gasteiger partial charge in [0.25, 0.3) is 0 Å². The number of benzene rings is 1. The highest BCUT2D eigenvalue weighted by Gasteiger charge is 2.24. The summed E-state index contributed by atoms with van der Waals surface area (Å²) in [5, 5.41) is 3.79. The Labute approximate surface area is 123 Å². The summed E-state index contributed by atoms with van der Waals surface area (Å²) < 4.78 is 5.52. The third-order valence-corrected chi connectivity index (χ3v) is 4.56. The van der Waals surface area contributed by atoms with E-state index in [-0.39, 0.29) is 0 Å². The largest absolute Gasteiger partial charge is 0.381 e. The fourth-order valence-electron chi connectivity index (χ4n) is 3.24. The molecular formula is C18H29NO. The molecule has 0 bridgehead atoms. The quantitative estimate of drug-likeness (QED) is 0.856. The summed E-state index contributed by atoms with van der Waals surface area (Å²) in [6.45, 7) is 9.70. The summed E-state index contributed by atoms with van der Waals surface area (Å²) in [7, 11) is 0. The summed E-state index contributed by atoms with van der Waals surface area (Å²) in [4.78, 5) is 0. The van der Waals surface area contributed by atoms with Crippen molar-refractivity contribution in [1.82, 2.24) is 5.32 Å². The predicted octanol–water partition coefficient (Wildman–Crippen LogP) is 3.64. The second kappa shape index (κ2) is 7.80. The van der Waals surface area contributed by atoms with Crippen molar-refractivity contribution in [3.8, 4) is 0 Å². The van der Waals surface area contributed by atoms with Crippen LogP contribution in [0.15, 0.2) is 18.2 Å². The summed E-state index contributed by atoms with van der Waals surface area (Å²) in [5.41, 5.74) is 4.40. The maximum Gasteiger partial charge on any atom is 0.0469 e. The van der Waals surface area contributed by atoms with E-state index in [1.807, 2.05) is 0 Å². The minimum absolute atomic E-state index is 0.596. The fraction of sp³-hybridized carbons (Fsp3) is 0.667. The molecule has 0 saturated carbocycles. The molecule has 1 aliphatic rings. The predicted molar refractivity (Wildman–Crippen MR) is 85.2 cm³/mol. The fourth-order valence-corrected chi connectivity index (χ4v) is 3.24. The number of hydrogen-bond acceptors (Lipinski definition) is 2. The molecule has 0 aliphatic carbocycles. The van der Waals surface area contributed by atoms with Gasteiger partial charge in [-0.05, 0) is 68.7 Å². The molecule has 112 valence electrons. The molecule has 0 spiro atoms. The van der Waals surface area contributed by atoms with E-state index in [0.717, 1.165) is 32.1 Å². The van der Waals surface area contributed by atoms with Crippen LogP contribution >= 0.6 is 0 Å². The molecule has 0 amide bonds. The standard InChI is InChI=1S/C18H29NO/c1-4-10-19-18(16-8-11-20-12-9-16)13-17-14(2)6-5-7-15(17)3/h5-7,16,18-19H,4,8-13H2,1-3H3. The molecule has 1 N–H and O–H groups in total. The van der Waals surface area contributed by atoms with Crippen LogP contribution in [0.3, 0.4) is 0 Å². The molecule has 1 saturated heterocycles. The van der Waals surface area contributed by atoms with E-state index in [4.69, 9.17) is 4.74 Å². The Morgan fingerprint density at radius 3 is 2.45 bits per heavy atom. The van der Waals surface area contributed by atoms with Crippen LogP contribution in [0.4, 0.5) is 0 Å². The molecule has 0 aromatic heterocycles. The van der Waals surface area contributed by atoms with Gasteiger partial charge in [0.2, 0.25) is 0 Å². The van der Waals surface area contributed by atoms with E-state index < -0.39 is 0 Å². The number of hydrogen-bond donors (Lipinski definition) is 1. The topological polar surface area (TPSA) is 21.3 Å². The minimum atomic E-state index is 0.596. The molecule has 2 rings (SSSR count). The van der Waals surface area contributed by atoms with E-state index in [9.17, 15) is 0 Å². The van der Waals surface area contributed by atoms with Crippen molar-refractivity contribution in [3.05, 3.63) is 34.9 Å². The monoisotopic (exact) mass is 275 g/mol. The van der Waals surface area contributed by atoms with Crippen LogP contribution in [0, 0.1) is 19.8 Å². The lowest BCUT2D eigenvalue weighted by Gasteiger charge is -2.32. The Morgan fingerprint density at radius 2 is 1.85 bits per heavy atom. The van der Waals surface area contributed by atoms with Gasteiger partial charge in [0, 0.05) is 19.3 Å². The summed E-state index contributed by atoms with van der Waals surface area (Å²) in [6.07, 6.45) is 4.76. The Balaban J connectivity index is 2.09. The highest BCUT2D eigenvalue weighted by Crippen LogP contribution is 2.24. The van der Waals surface area contributed by atoms with Crippen molar-refractivity contribution in [3.63, 3.8) is 0 Å². The van der Waals surface area contributed by atoms with Crippen molar-refractivity contribution in [2.75, 3.05) is 19.8 Å². The molecular weight excluding hydrogens is 246 g/mol. The highest BCUT2D eigenvalue weighted by molar-refractivity contribution is 5.34. The summed E-state index contributed by atoms with van der Waals surface area (Å²) in [6, 6.07) is 7.24. The average molecular weight is 275 g/mol. The molecule has 1 aliphatic heterocycles. The van der Waals surface area contributed by atoms with Crippen molar-refractivity contribution in [2.24, 2.45) is 5.92 Å². The zero-order chi connectivity index (χ0) is 14.4. The van der Waals surface area contributed by atoms with Gasteiger partial charge in [0.1, 0.15) is 0 Å². The molecule has 2 nitrogen and oxygen atoms in total. The molecule has 20 heavy (non-hydrogen) atoms. The lowest BCUT2D eigenvalue weighted by molar-refractivity contribution is 0.0537. The van der Waals surface area contributed by atoms with Gasteiger partial charge >= 0.3 is 0 Å². The first-order valence-corrected chi connectivity index (χ1v) is 8.08. The summed E-state index contributed by atoms with van der Waals surface area (Å²) in [5.74, 6) is 0.759. The van der Waals surface area contributed by atoms with E-state index in [1.165, 1.54) is 36.0 Å². The van der Waals surface area contributed by atoms with Crippen molar-refractivity contribution in [1.29, 1.82) is 0 Å². The second-order valence-corrected chi connectivity index (χ2v) is 6.08. The Morgan fingerprint density at radius 1 is 1.20 bits per heavy atom. The van der Waals surface area contributed by atoms with Crippen LogP contribution in [-0.4, -0.2) is 25.8 Å². The second-order valence-electron chi connectivity index (χ2n) is 6.08. The number of aryl methyl sites for hydroxylation is 2. The zero-order valence-electron chi connectivity index (χ0n) is 13.2. The smallest absolute Gasteiger partial charge is 0.0469 e. The molecule has 2 heteroatoms. The minimum Gasteiger partial charge on any atom is -0.381 e. The van der Waals surface area contributed by atoms with Gasteiger partial charge in [-0.3, -0.25) is 0 Å². The molecule has 1 aromatic rings. The van der Waals surface area contributed by atoms with Gasteiger partial charge in [0.15, 0.2) is 0 Å². The zero-order valence-corrected chi connectivity index (χ0v) is 13.2. The summed E-state index contributed by atoms with van der Waals surface area (Å²) >= 11 is 0. The van der Waals surface area contributed by atoms with Crippen molar-refractivity contribution < 1.29 is 4.74 Å². The number of ether oxygens (including phenoxy) is 1. The normalized spacial score (nSPS) is 18.1. The third-order valence-electron chi connectivity index (χ3n) is 4.56. The van der Waals surface area contributed by atoms with Crippen molar-refractivity contribution >= 4 is 0 Å². The van der Waals surface area contributed by atoms with Crippen LogP contribution in [-0.2, 0) is 11.2 Å². The average Bonchev–Trinajstić information content (AvgIpc) is 2.47. The van der Waals surface area contributed by atoms with Gasteiger partial charge in [-0.1, -0.05) is 25.1 Å². The maximum atomic E-state index is 5.52. The van der Waals surface area contributed by atoms with E-state index in [0.29, 0.717) is 6.04 Å². The Hall–Kier alpha value is -0.860. The van der Waals surface area contributed by atoms with Crippen LogP contribution in [0.5, 0.6) is 0 Å². The lowest BCUT2D eigenvalue weighted by atomic mass is 9.85. The van der Waals surface area contributed by atoms with E-state index in [1.54, 1.807) is 0 Å². The van der Waals surface area contributed by atoms with Crippen LogP contribution < -0.4 is 5.32 Å². The third kappa shape index (κ3) is 4.07. The molecule has 1 heterocycles. The first-order valence-electron chi connectivity index (χ1n) is 8.08. The molecule has 1 atom stereocenters. The molecule has 1 aromatic carbocycles. The van der Waals surface area contributed by atoms with Gasteiger partial charge in [-0.2, -0.15) is 0 Å². The van der Waals surface area contributed by atoms with Crippen LogP contribution in [0.25, 0.3) is 0 Å². The first-order chi connectivity index (χ1) is 9.72. The molecule has 0 radical (unpaired) electrons. The molecule has 1 unspecified atom stereocenters.